The van der Waals surface area contributed by atoms with Crippen LogP contribution in [0.15, 0.2) is 29.3 Å². The van der Waals surface area contributed by atoms with Crippen molar-refractivity contribution in [1.82, 2.24) is 4.90 Å². The maximum absolute atomic E-state index is 11.8. The van der Waals surface area contributed by atoms with Crippen LogP contribution in [0.25, 0.3) is 0 Å². The Kier molecular flexibility index (Phi) is 4.27. The molecular formula is C12H13ClN2O2S. The van der Waals surface area contributed by atoms with Crippen LogP contribution in [0, 0.1) is 0 Å². The minimum atomic E-state index is -0.231. The number of thioether (sulfide) groups is 1. The summed E-state index contributed by atoms with van der Waals surface area (Å²) >= 11 is 7.18. The Morgan fingerprint density at radius 3 is 2.72 bits per heavy atom. The van der Waals surface area contributed by atoms with E-state index in [4.69, 9.17) is 16.7 Å². The van der Waals surface area contributed by atoms with Gasteiger partial charge in [-0.2, -0.15) is 0 Å². The second kappa shape index (κ2) is 5.73. The number of nitrogens with zero attached hydrogens (tertiary/aromatic N) is 2. The van der Waals surface area contributed by atoms with Crippen molar-refractivity contribution < 1.29 is 9.90 Å². The van der Waals surface area contributed by atoms with E-state index in [2.05, 4.69) is 4.99 Å². The highest BCUT2D eigenvalue weighted by Crippen LogP contribution is 2.30. The van der Waals surface area contributed by atoms with Crippen LogP contribution < -0.4 is 0 Å². The van der Waals surface area contributed by atoms with Crippen LogP contribution in [0.3, 0.4) is 0 Å². The van der Waals surface area contributed by atoms with Crippen LogP contribution in [0.1, 0.15) is 6.42 Å². The maximum Gasteiger partial charge on any atom is 0.241 e. The third kappa shape index (κ3) is 2.85. The summed E-state index contributed by atoms with van der Waals surface area (Å²) in [5.74, 6) is -0.0123. The van der Waals surface area contributed by atoms with E-state index in [1.807, 2.05) is 0 Å². The van der Waals surface area contributed by atoms with Crippen LogP contribution in [0.5, 0.6) is 0 Å². The summed E-state index contributed by atoms with van der Waals surface area (Å²) in [5, 5.41) is 9.97. The molecule has 1 atom stereocenters. The number of benzene rings is 1. The fraction of sp³-hybridized carbons (Fsp3) is 0.333. The average Bonchev–Trinajstić information content (AvgIpc) is 2.61. The van der Waals surface area contributed by atoms with Crippen molar-refractivity contribution >= 4 is 40.1 Å². The second-order valence-electron chi connectivity index (χ2n) is 3.89. The molecule has 0 aromatic heterocycles. The number of aliphatic imine (C=N–C) groups is 1. The lowest BCUT2D eigenvalue weighted by Gasteiger charge is -2.08. The van der Waals surface area contributed by atoms with E-state index in [0.29, 0.717) is 16.6 Å². The predicted molar refractivity (Wildman–Crippen MR) is 74.4 cm³/mol. The summed E-state index contributed by atoms with van der Waals surface area (Å²) in [6, 6.07) is 7.11. The smallest absolute Gasteiger partial charge is 0.241 e. The van der Waals surface area contributed by atoms with Gasteiger partial charge >= 0.3 is 0 Å². The van der Waals surface area contributed by atoms with E-state index in [9.17, 15) is 4.79 Å². The number of carbonyl (C=O) groups is 1. The Hall–Kier alpha value is -1.04. The third-order valence-electron chi connectivity index (χ3n) is 2.58. The highest BCUT2D eigenvalue weighted by molar-refractivity contribution is 8.15. The summed E-state index contributed by atoms with van der Waals surface area (Å²) in [7, 11) is 1.70. The molecule has 6 heteroatoms. The zero-order chi connectivity index (χ0) is 13.1. The Morgan fingerprint density at radius 1 is 1.44 bits per heavy atom. The molecule has 1 aliphatic rings. The van der Waals surface area contributed by atoms with E-state index in [1.165, 1.54) is 16.7 Å². The van der Waals surface area contributed by atoms with Crippen LogP contribution in [-0.4, -0.2) is 40.0 Å². The fourth-order valence-corrected chi connectivity index (χ4v) is 2.86. The molecule has 2 rings (SSSR count). The normalized spacial score (nSPS) is 21.9. The van der Waals surface area contributed by atoms with Gasteiger partial charge < -0.3 is 5.11 Å². The molecule has 18 heavy (non-hydrogen) atoms. The molecule has 1 amide bonds. The van der Waals surface area contributed by atoms with Gasteiger partial charge in [0.2, 0.25) is 5.91 Å². The third-order valence-corrected chi connectivity index (χ3v) is 4.13. The monoisotopic (exact) mass is 284 g/mol. The Morgan fingerprint density at radius 2 is 2.11 bits per heavy atom. The Labute approximate surface area is 115 Å². The number of carbonyl (C=O) groups excluding carboxylic acids is 1. The van der Waals surface area contributed by atoms with Gasteiger partial charge in [0.25, 0.3) is 0 Å². The molecule has 1 fully saturated rings. The standard InChI is InChI=1S/C12H13ClN2O2S/c1-15-11(17)10(6-7-16)18-12(15)14-9-4-2-8(13)3-5-9/h2-5,10,16H,6-7H2,1H3. The lowest BCUT2D eigenvalue weighted by Crippen LogP contribution is -2.28. The number of halogens is 1. The van der Waals surface area contributed by atoms with E-state index in [1.54, 1.807) is 31.3 Å². The SMILES string of the molecule is CN1C(=O)C(CCO)SC1=Nc1ccc(Cl)cc1. The molecule has 1 aromatic carbocycles. The zero-order valence-corrected chi connectivity index (χ0v) is 11.4. The van der Waals surface area contributed by atoms with Gasteiger partial charge in [0.15, 0.2) is 5.17 Å². The first-order valence-electron chi connectivity index (χ1n) is 5.51. The number of hydrogen-bond acceptors (Lipinski definition) is 4. The average molecular weight is 285 g/mol. The van der Waals surface area contributed by atoms with Gasteiger partial charge in [0.1, 0.15) is 0 Å². The molecule has 0 radical (unpaired) electrons. The topological polar surface area (TPSA) is 52.9 Å². The first kappa shape index (κ1) is 13.4. The molecule has 0 spiro atoms. The Bertz CT molecular complexity index is 475. The lowest BCUT2D eigenvalue weighted by molar-refractivity contribution is -0.125. The van der Waals surface area contributed by atoms with Crippen molar-refractivity contribution in [2.24, 2.45) is 4.99 Å². The molecule has 0 aliphatic carbocycles. The van der Waals surface area contributed by atoms with Gasteiger partial charge in [0.05, 0.1) is 10.9 Å². The number of rotatable bonds is 3. The van der Waals surface area contributed by atoms with Gasteiger partial charge in [0, 0.05) is 18.7 Å². The Balaban J connectivity index is 2.18. The molecule has 4 nitrogen and oxygen atoms in total. The first-order chi connectivity index (χ1) is 8.61. The van der Waals surface area contributed by atoms with Crippen molar-refractivity contribution in [3.05, 3.63) is 29.3 Å². The van der Waals surface area contributed by atoms with Crippen molar-refractivity contribution in [3.8, 4) is 0 Å². The summed E-state index contributed by atoms with van der Waals surface area (Å²) in [4.78, 5) is 17.8. The van der Waals surface area contributed by atoms with Crippen molar-refractivity contribution in [2.45, 2.75) is 11.7 Å². The quantitative estimate of drug-likeness (QED) is 0.926. The molecule has 0 saturated carbocycles. The number of aliphatic hydroxyl groups excluding tert-OH is 1. The molecular weight excluding hydrogens is 272 g/mol. The summed E-state index contributed by atoms with van der Waals surface area (Å²) < 4.78 is 0. The van der Waals surface area contributed by atoms with Gasteiger partial charge in [-0.25, -0.2) is 4.99 Å². The largest absolute Gasteiger partial charge is 0.396 e. The minimum Gasteiger partial charge on any atom is -0.396 e. The van der Waals surface area contributed by atoms with E-state index in [0.717, 1.165) is 5.69 Å². The molecule has 0 bridgehead atoms. The van der Waals surface area contributed by atoms with Gasteiger partial charge in [-0.1, -0.05) is 23.4 Å². The molecule has 1 unspecified atom stereocenters. The molecule has 1 aromatic rings. The van der Waals surface area contributed by atoms with E-state index < -0.39 is 0 Å². The molecule has 96 valence electrons. The maximum atomic E-state index is 11.8. The first-order valence-corrected chi connectivity index (χ1v) is 6.77. The van der Waals surface area contributed by atoms with Crippen LogP contribution in [0.4, 0.5) is 5.69 Å². The van der Waals surface area contributed by atoms with Crippen LogP contribution in [0.2, 0.25) is 5.02 Å². The number of aliphatic hydroxyl groups is 1. The minimum absolute atomic E-state index is 0.00543. The summed E-state index contributed by atoms with van der Waals surface area (Å²) in [6.07, 6.45) is 0.452. The van der Waals surface area contributed by atoms with Crippen molar-refractivity contribution in [1.29, 1.82) is 0 Å². The highest BCUT2D eigenvalue weighted by atomic mass is 35.5. The molecule has 1 saturated heterocycles. The van der Waals surface area contributed by atoms with Crippen LogP contribution >= 0.6 is 23.4 Å². The van der Waals surface area contributed by atoms with Gasteiger partial charge in [-0.3, -0.25) is 9.69 Å². The van der Waals surface area contributed by atoms with Crippen LogP contribution in [-0.2, 0) is 4.79 Å². The zero-order valence-electron chi connectivity index (χ0n) is 9.84. The number of amides is 1. The van der Waals surface area contributed by atoms with Gasteiger partial charge in [-0.15, -0.1) is 0 Å². The van der Waals surface area contributed by atoms with E-state index >= 15 is 0 Å². The van der Waals surface area contributed by atoms with Crippen molar-refractivity contribution in [2.75, 3.05) is 13.7 Å². The predicted octanol–water partition coefficient (Wildman–Crippen LogP) is 2.28. The summed E-state index contributed by atoms with van der Waals surface area (Å²) in [5.41, 5.74) is 0.756. The van der Waals surface area contributed by atoms with Gasteiger partial charge in [-0.05, 0) is 30.7 Å². The summed E-state index contributed by atoms with van der Waals surface area (Å²) in [6.45, 7) is 0.00543. The highest BCUT2D eigenvalue weighted by Gasteiger charge is 2.34. The molecule has 1 aliphatic heterocycles. The van der Waals surface area contributed by atoms with E-state index in [-0.39, 0.29) is 17.8 Å². The fourth-order valence-electron chi connectivity index (χ4n) is 1.59. The molecule has 1 N–H and O–H groups in total. The number of amidine groups is 1. The second-order valence-corrected chi connectivity index (χ2v) is 5.49. The number of hydrogen-bond donors (Lipinski definition) is 1. The molecule has 1 heterocycles. The lowest BCUT2D eigenvalue weighted by atomic mass is 10.3. The van der Waals surface area contributed by atoms with Crippen molar-refractivity contribution in [3.63, 3.8) is 0 Å².